The number of hydrogen-bond donors (Lipinski definition) is 4. The van der Waals surface area contributed by atoms with Gasteiger partial charge in [0.25, 0.3) is 0 Å². The van der Waals surface area contributed by atoms with Gasteiger partial charge in [-0.15, -0.1) is 0 Å². The van der Waals surface area contributed by atoms with E-state index in [-0.39, 0.29) is 18.0 Å². The Labute approximate surface area is 207 Å². The second-order valence-corrected chi connectivity index (χ2v) is 8.60. The molecule has 0 spiro atoms. The molecule has 0 saturated heterocycles. The van der Waals surface area contributed by atoms with Crippen molar-refractivity contribution in [2.45, 2.75) is 32.4 Å². The zero-order chi connectivity index (χ0) is 24.9. The fraction of sp³-hybridized carbons (Fsp3) is 0.241. The molecule has 0 aliphatic carbocycles. The van der Waals surface area contributed by atoms with E-state index in [1.165, 1.54) is 6.08 Å². The summed E-state index contributed by atoms with van der Waals surface area (Å²) in [7, 11) is 0. The summed E-state index contributed by atoms with van der Waals surface area (Å²) < 4.78 is 0. The van der Waals surface area contributed by atoms with E-state index in [4.69, 9.17) is 0 Å². The Balaban J connectivity index is 1.58. The van der Waals surface area contributed by atoms with Crippen LogP contribution in [0, 0.1) is 0 Å². The van der Waals surface area contributed by atoms with E-state index in [2.05, 4.69) is 35.1 Å². The lowest BCUT2D eigenvalue weighted by Crippen LogP contribution is -2.38. The van der Waals surface area contributed by atoms with E-state index in [9.17, 15) is 9.59 Å². The van der Waals surface area contributed by atoms with Crippen LogP contribution in [0.15, 0.2) is 97.1 Å². The lowest BCUT2D eigenvalue weighted by atomic mass is 10.1. The van der Waals surface area contributed by atoms with Gasteiger partial charge in [0.2, 0.25) is 5.91 Å². The Hall–Kier alpha value is -3.90. The molecule has 3 rings (SSSR count). The van der Waals surface area contributed by atoms with Crippen molar-refractivity contribution in [2.24, 2.45) is 0 Å². The maximum atomic E-state index is 12.7. The molecule has 35 heavy (non-hydrogen) atoms. The van der Waals surface area contributed by atoms with Crippen LogP contribution in [0.4, 0.5) is 10.5 Å². The van der Waals surface area contributed by atoms with Gasteiger partial charge in [-0.25, -0.2) is 4.79 Å². The van der Waals surface area contributed by atoms with Crippen molar-refractivity contribution in [1.82, 2.24) is 16.0 Å². The van der Waals surface area contributed by atoms with Crippen molar-refractivity contribution < 1.29 is 9.59 Å². The molecular formula is C29H34N4O2. The van der Waals surface area contributed by atoms with Gasteiger partial charge in [0.05, 0.1) is 6.04 Å². The molecule has 6 heteroatoms. The average Bonchev–Trinajstić information content (AvgIpc) is 2.86. The van der Waals surface area contributed by atoms with E-state index in [0.29, 0.717) is 31.2 Å². The predicted molar refractivity (Wildman–Crippen MR) is 143 cm³/mol. The Morgan fingerprint density at radius 2 is 1.43 bits per heavy atom. The Bertz CT molecular complexity index is 1080. The number of carbonyl (C=O) groups is 2. The van der Waals surface area contributed by atoms with Crippen LogP contribution in [0.2, 0.25) is 0 Å². The summed E-state index contributed by atoms with van der Waals surface area (Å²) in [6, 6.07) is 27.3. The van der Waals surface area contributed by atoms with Gasteiger partial charge in [-0.1, -0.05) is 92.7 Å². The molecule has 3 aromatic rings. The van der Waals surface area contributed by atoms with Crippen LogP contribution in [-0.2, 0) is 11.2 Å². The lowest BCUT2D eigenvalue weighted by Gasteiger charge is -2.16. The molecule has 182 valence electrons. The van der Waals surface area contributed by atoms with Gasteiger partial charge < -0.3 is 21.3 Å². The molecule has 0 bridgehead atoms. The summed E-state index contributed by atoms with van der Waals surface area (Å²) in [6.07, 6.45) is 3.79. The number of nitrogens with one attached hydrogen (secondary N) is 4. The van der Waals surface area contributed by atoms with Crippen LogP contribution in [0.5, 0.6) is 0 Å². The number of urea groups is 1. The summed E-state index contributed by atoms with van der Waals surface area (Å²) in [5, 5.41) is 12.0. The summed E-state index contributed by atoms with van der Waals surface area (Å²) in [5.74, 6) is -0.188. The molecule has 4 N–H and O–H groups in total. The summed E-state index contributed by atoms with van der Waals surface area (Å²) in [6.45, 7) is 5.36. The summed E-state index contributed by atoms with van der Waals surface area (Å²) in [4.78, 5) is 24.9. The second-order valence-electron chi connectivity index (χ2n) is 8.60. The molecule has 1 atom stereocenters. The topological polar surface area (TPSA) is 82.3 Å². The molecule has 0 unspecified atom stereocenters. The molecule has 0 heterocycles. The number of anilines is 1. The number of rotatable bonds is 11. The average molecular weight is 471 g/mol. The molecule has 0 fully saturated rings. The molecule has 6 nitrogen and oxygen atoms in total. The van der Waals surface area contributed by atoms with Crippen LogP contribution in [0.3, 0.4) is 0 Å². The number of benzene rings is 3. The second kappa shape index (κ2) is 13.7. The van der Waals surface area contributed by atoms with Gasteiger partial charge in [-0.05, 0) is 35.2 Å². The highest BCUT2D eigenvalue weighted by Crippen LogP contribution is 2.21. The van der Waals surface area contributed by atoms with E-state index in [0.717, 1.165) is 16.7 Å². The fourth-order valence-corrected chi connectivity index (χ4v) is 3.56. The van der Waals surface area contributed by atoms with E-state index < -0.39 is 0 Å². The number of hydrogen-bond acceptors (Lipinski definition) is 3. The maximum absolute atomic E-state index is 12.7. The third kappa shape index (κ3) is 9.47. The van der Waals surface area contributed by atoms with Crippen LogP contribution < -0.4 is 21.3 Å². The van der Waals surface area contributed by atoms with Crippen molar-refractivity contribution in [1.29, 1.82) is 0 Å². The number of carbonyl (C=O) groups excluding carboxylic acids is 2. The first-order chi connectivity index (χ1) is 17.0. The van der Waals surface area contributed by atoms with Crippen molar-refractivity contribution >= 4 is 17.6 Å². The van der Waals surface area contributed by atoms with Gasteiger partial charge in [0.1, 0.15) is 0 Å². The highest BCUT2D eigenvalue weighted by atomic mass is 16.2. The quantitative estimate of drug-likeness (QED) is 0.241. The SMILES string of the molecule is CC(C)NCCNC(=O)C=C[C@H](Cc1ccccc1)NC(=O)Nc1ccc(-c2ccccc2)cc1. The predicted octanol–water partition coefficient (Wildman–Crippen LogP) is 4.76. The minimum Gasteiger partial charge on any atom is -0.351 e. The first-order valence-electron chi connectivity index (χ1n) is 12.0. The zero-order valence-corrected chi connectivity index (χ0v) is 20.3. The van der Waals surface area contributed by atoms with Crippen LogP contribution in [0.1, 0.15) is 19.4 Å². The van der Waals surface area contributed by atoms with E-state index in [1.54, 1.807) is 6.08 Å². The molecule has 0 aromatic heterocycles. The molecule has 0 radical (unpaired) electrons. The standard InChI is InChI=1S/C29H34N4O2/c1-22(2)30-19-20-31-28(34)18-17-27(21-23-9-5-3-6-10-23)33-29(35)32-26-15-13-25(14-16-26)24-11-7-4-8-12-24/h3-18,22,27,30H,19-21H2,1-2H3,(H,31,34)(H2,32,33,35)/t27-/m1/s1. The number of amides is 3. The van der Waals surface area contributed by atoms with Crippen molar-refractivity contribution in [3.05, 3.63) is 103 Å². The van der Waals surface area contributed by atoms with Gasteiger partial charge >= 0.3 is 6.03 Å². The van der Waals surface area contributed by atoms with Crippen LogP contribution in [-0.4, -0.2) is 37.1 Å². The molecule has 3 aromatic carbocycles. The summed E-state index contributed by atoms with van der Waals surface area (Å²) in [5.41, 5.74) is 3.96. The zero-order valence-electron chi connectivity index (χ0n) is 20.3. The van der Waals surface area contributed by atoms with Crippen LogP contribution >= 0.6 is 0 Å². The molecule has 0 aliphatic rings. The van der Waals surface area contributed by atoms with Gasteiger partial charge in [0, 0.05) is 30.9 Å². The van der Waals surface area contributed by atoms with Gasteiger partial charge in [-0.2, -0.15) is 0 Å². The Kier molecular flexibility index (Phi) is 10.1. The minimum atomic E-state index is -0.347. The molecule has 0 saturated carbocycles. The maximum Gasteiger partial charge on any atom is 0.319 e. The Morgan fingerprint density at radius 3 is 2.09 bits per heavy atom. The smallest absolute Gasteiger partial charge is 0.319 e. The third-order valence-electron chi connectivity index (χ3n) is 5.32. The molecule has 0 aliphatic heterocycles. The highest BCUT2D eigenvalue weighted by molar-refractivity contribution is 5.90. The first-order valence-corrected chi connectivity index (χ1v) is 12.0. The van der Waals surface area contributed by atoms with E-state index >= 15 is 0 Å². The van der Waals surface area contributed by atoms with E-state index in [1.807, 2.05) is 84.9 Å². The van der Waals surface area contributed by atoms with Gasteiger partial charge in [-0.3, -0.25) is 4.79 Å². The third-order valence-corrected chi connectivity index (χ3v) is 5.32. The summed E-state index contributed by atoms with van der Waals surface area (Å²) >= 11 is 0. The normalized spacial score (nSPS) is 11.9. The molecule has 3 amide bonds. The monoisotopic (exact) mass is 470 g/mol. The van der Waals surface area contributed by atoms with Crippen molar-refractivity contribution in [2.75, 3.05) is 18.4 Å². The fourth-order valence-electron chi connectivity index (χ4n) is 3.56. The van der Waals surface area contributed by atoms with Crippen molar-refractivity contribution in [3.63, 3.8) is 0 Å². The minimum absolute atomic E-state index is 0.188. The largest absolute Gasteiger partial charge is 0.351 e. The van der Waals surface area contributed by atoms with Crippen molar-refractivity contribution in [3.8, 4) is 11.1 Å². The lowest BCUT2D eigenvalue weighted by molar-refractivity contribution is -0.116. The highest BCUT2D eigenvalue weighted by Gasteiger charge is 2.11. The van der Waals surface area contributed by atoms with Gasteiger partial charge in [0.15, 0.2) is 0 Å². The van der Waals surface area contributed by atoms with Crippen LogP contribution in [0.25, 0.3) is 11.1 Å². The first kappa shape index (κ1) is 25.7. The molecular weight excluding hydrogens is 436 g/mol. The Morgan fingerprint density at radius 1 is 0.800 bits per heavy atom.